The Kier molecular flexibility index (Phi) is 13.4. The van der Waals surface area contributed by atoms with E-state index in [1.807, 2.05) is 6.08 Å². The minimum atomic E-state index is 1.14. The zero-order valence-corrected chi connectivity index (χ0v) is 10.6. The van der Waals surface area contributed by atoms with E-state index < -0.39 is 0 Å². The molecule has 0 aliphatic rings. The van der Waals surface area contributed by atoms with Gasteiger partial charge < -0.3 is 5.32 Å². The second-order valence-corrected chi connectivity index (χ2v) is 4.30. The fourth-order valence-electron chi connectivity index (χ4n) is 1.70. The van der Waals surface area contributed by atoms with Crippen LogP contribution >= 0.6 is 0 Å². The molecule has 0 amide bonds. The maximum Gasteiger partial charge on any atom is -0.00460 e. The summed E-state index contributed by atoms with van der Waals surface area (Å²) >= 11 is 0. The molecule has 0 aromatic rings. The second-order valence-electron chi connectivity index (χ2n) is 4.30. The molecule has 0 radical (unpaired) electrons. The van der Waals surface area contributed by atoms with Gasteiger partial charge in [-0.25, -0.2) is 0 Å². The van der Waals surface area contributed by atoms with E-state index >= 15 is 0 Å². The van der Waals surface area contributed by atoms with Gasteiger partial charge in [0.1, 0.15) is 0 Å². The summed E-state index contributed by atoms with van der Waals surface area (Å²) in [5.74, 6) is 0. The van der Waals surface area contributed by atoms with Crippen LogP contribution in [-0.4, -0.2) is 13.1 Å². The Morgan fingerprint density at radius 2 is 1.47 bits per heavy atom. The van der Waals surface area contributed by atoms with Crippen LogP contribution in [0.4, 0.5) is 0 Å². The minimum Gasteiger partial charge on any atom is -0.317 e. The smallest absolute Gasteiger partial charge is 0.00460 e. The third kappa shape index (κ3) is 13.7. The topological polar surface area (TPSA) is 12.0 Å². The summed E-state index contributed by atoms with van der Waals surface area (Å²) in [6.07, 6.45) is 14.2. The average molecular weight is 211 g/mol. The molecular formula is C14H29N. The molecule has 0 heterocycles. The number of hydrogen-bond donors (Lipinski definition) is 1. The molecule has 90 valence electrons. The number of unbranched alkanes of at least 4 members (excludes halogenated alkanes) is 7. The number of rotatable bonds is 12. The molecule has 0 aromatic heterocycles. The molecule has 1 N–H and O–H groups in total. The Balaban J connectivity index is 2.83. The highest BCUT2D eigenvalue weighted by Gasteiger charge is 1.90. The van der Waals surface area contributed by atoms with Crippen molar-refractivity contribution in [3.8, 4) is 0 Å². The van der Waals surface area contributed by atoms with Crippen molar-refractivity contribution in [2.75, 3.05) is 13.1 Å². The first kappa shape index (κ1) is 14.7. The lowest BCUT2D eigenvalue weighted by molar-refractivity contribution is 0.558. The monoisotopic (exact) mass is 211 g/mol. The van der Waals surface area contributed by atoms with Crippen LogP contribution in [0.2, 0.25) is 0 Å². The van der Waals surface area contributed by atoms with Gasteiger partial charge in [-0.2, -0.15) is 0 Å². The van der Waals surface area contributed by atoms with Gasteiger partial charge in [0.25, 0.3) is 0 Å². The Labute approximate surface area is 96.3 Å². The Hall–Kier alpha value is -0.300. The van der Waals surface area contributed by atoms with Gasteiger partial charge in [-0.1, -0.05) is 51.5 Å². The normalized spacial score (nSPS) is 10.5. The zero-order chi connectivity index (χ0) is 11.2. The quantitative estimate of drug-likeness (QED) is 0.375. The van der Waals surface area contributed by atoms with Crippen LogP contribution in [0.15, 0.2) is 12.7 Å². The molecule has 1 nitrogen and oxygen atoms in total. The average Bonchev–Trinajstić information content (AvgIpc) is 2.26. The molecule has 0 rings (SSSR count). The third-order valence-electron chi connectivity index (χ3n) is 2.72. The van der Waals surface area contributed by atoms with Crippen LogP contribution in [0.25, 0.3) is 0 Å². The van der Waals surface area contributed by atoms with E-state index in [2.05, 4.69) is 18.8 Å². The zero-order valence-electron chi connectivity index (χ0n) is 10.6. The number of nitrogens with one attached hydrogen (secondary N) is 1. The molecule has 0 aromatic carbocycles. The summed E-state index contributed by atoms with van der Waals surface area (Å²) < 4.78 is 0. The molecule has 0 aliphatic heterocycles. The first-order valence-corrected chi connectivity index (χ1v) is 6.73. The van der Waals surface area contributed by atoms with Crippen molar-refractivity contribution < 1.29 is 0 Å². The first-order valence-electron chi connectivity index (χ1n) is 6.73. The molecule has 0 spiro atoms. The summed E-state index contributed by atoms with van der Waals surface area (Å²) in [6.45, 7) is 8.34. The molecular weight excluding hydrogens is 182 g/mol. The van der Waals surface area contributed by atoms with Gasteiger partial charge in [-0.05, 0) is 32.4 Å². The largest absolute Gasteiger partial charge is 0.317 e. The molecule has 0 unspecified atom stereocenters. The standard InChI is InChI=1S/C14H29N/c1-3-5-7-8-9-10-12-14-15-13-11-6-4-2/h4,15H,2-3,5-14H2,1H3. The highest BCUT2D eigenvalue weighted by Crippen LogP contribution is 2.06. The lowest BCUT2D eigenvalue weighted by Gasteiger charge is -2.03. The van der Waals surface area contributed by atoms with Crippen molar-refractivity contribution in [2.24, 2.45) is 0 Å². The summed E-state index contributed by atoms with van der Waals surface area (Å²) in [6, 6.07) is 0. The fraction of sp³-hybridized carbons (Fsp3) is 0.857. The molecule has 0 saturated carbocycles. The van der Waals surface area contributed by atoms with E-state index in [0.717, 1.165) is 13.0 Å². The van der Waals surface area contributed by atoms with Gasteiger partial charge in [0.05, 0.1) is 0 Å². The van der Waals surface area contributed by atoms with Gasteiger partial charge in [0.2, 0.25) is 0 Å². The Morgan fingerprint density at radius 1 is 0.867 bits per heavy atom. The molecule has 0 fully saturated rings. The predicted octanol–water partition coefficient (Wildman–Crippen LogP) is 4.29. The van der Waals surface area contributed by atoms with Gasteiger partial charge in [-0.3, -0.25) is 0 Å². The Morgan fingerprint density at radius 3 is 2.13 bits per heavy atom. The van der Waals surface area contributed by atoms with E-state index in [0.29, 0.717) is 0 Å². The fourth-order valence-corrected chi connectivity index (χ4v) is 1.70. The van der Waals surface area contributed by atoms with Crippen LogP contribution in [0, 0.1) is 0 Å². The van der Waals surface area contributed by atoms with Crippen LogP contribution < -0.4 is 5.32 Å². The number of hydrogen-bond acceptors (Lipinski definition) is 1. The van der Waals surface area contributed by atoms with E-state index in [4.69, 9.17) is 0 Å². The van der Waals surface area contributed by atoms with Crippen molar-refractivity contribution in [3.05, 3.63) is 12.7 Å². The second kappa shape index (κ2) is 13.7. The van der Waals surface area contributed by atoms with Crippen LogP contribution in [0.5, 0.6) is 0 Å². The molecule has 0 aliphatic carbocycles. The van der Waals surface area contributed by atoms with Crippen molar-refractivity contribution in [3.63, 3.8) is 0 Å². The van der Waals surface area contributed by atoms with Crippen LogP contribution in [0.3, 0.4) is 0 Å². The SMILES string of the molecule is C=CCCCNCCCCCCCCC. The molecule has 0 bridgehead atoms. The van der Waals surface area contributed by atoms with Gasteiger partial charge in [-0.15, -0.1) is 6.58 Å². The first-order chi connectivity index (χ1) is 7.41. The summed E-state index contributed by atoms with van der Waals surface area (Å²) in [5.41, 5.74) is 0. The third-order valence-corrected chi connectivity index (χ3v) is 2.72. The Bertz CT molecular complexity index is 121. The lowest BCUT2D eigenvalue weighted by atomic mass is 10.1. The van der Waals surface area contributed by atoms with Crippen LogP contribution in [-0.2, 0) is 0 Å². The molecule has 1 heteroatoms. The molecule has 15 heavy (non-hydrogen) atoms. The predicted molar refractivity (Wildman–Crippen MR) is 70.3 cm³/mol. The van der Waals surface area contributed by atoms with Crippen molar-refractivity contribution >= 4 is 0 Å². The molecule has 0 saturated heterocycles. The van der Waals surface area contributed by atoms with Gasteiger partial charge >= 0.3 is 0 Å². The summed E-state index contributed by atoms with van der Waals surface area (Å²) in [5, 5.41) is 3.47. The number of allylic oxidation sites excluding steroid dienone is 1. The van der Waals surface area contributed by atoms with E-state index in [-0.39, 0.29) is 0 Å². The summed E-state index contributed by atoms with van der Waals surface area (Å²) in [7, 11) is 0. The van der Waals surface area contributed by atoms with Crippen molar-refractivity contribution in [1.82, 2.24) is 5.32 Å². The molecule has 0 atom stereocenters. The maximum atomic E-state index is 3.72. The summed E-state index contributed by atoms with van der Waals surface area (Å²) in [4.78, 5) is 0. The maximum absolute atomic E-state index is 3.72. The minimum absolute atomic E-state index is 1.14. The highest BCUT2D eigenvalue weighted by molar-refractivity contribution is 4.66. The van der Waals surface area contributed by atoms with Crippen molar-refractivity contribution in [1.29, 1.82) is 0 Å². The van der Waals surface area contributed by atoms with Crippen LogP contribution in [0.1, 0.15) is 64.7 Å². The van der Waals surface area contributed by atoms with E-state index in [1.165, 1.54) is 57.9 Å². The lowest BCUT2D eigenvalue weighted by Crippen LogP contribution is -2.16. The van der Waals surface area contributed by atoms with E-state index in [1.54, 1.807) is 0 Å². The van der Waals surface area contributed by atoms with Gasteiger partial charge in [0.15, 0.2) is 0 Å². The van der Waals surface area contributed by atoms with Gasteiger partial charge in [0, 0.05) is 0 Å². The highest BCUT2D eigenvalue weighted by atomic mass is 14.8. The van der Waals surface area contributed by atoms with E-state index in [9.17, 15) is 0 Å². The van der Waals surface area contributed by atoms with Crippen molar-refractivity contribution in [2.45, 2.75) is 64.7 Å².